The van der Waals surface area contributed by atoms with Crippen LogP contribution in [0, 0.1) is 17.0 Å². The summed E-state index contributed by atoms with van der Waals surface area (Å²) in [4.78, 5) is 18.1. The third-order valence-electron chi connectivity index (χ3n) is 2.32. The van der Waals surface area contributed by atoms with E-state index in [1.165, 1.54) is 6.92 Å². The number of unbranched alkanes of at least 4 members (excludes halogenated alkanes) is 2. The molecule has 1 rings (SSSR count). The van der Waals surface area contributed by atoms with Gasteiger partial charge in [-0.1, -0.05) is 19.8 Å². The smallest absolute Gasteiger partial charge is 0.352 e. The first kappa shape index (κ1) is 14.1. The minimum absolute atomic E-state index is 0.0449. The number of anilines is 1. The van der Waals surface area contributed by atoms with Gasteiger partial charge in [0.2, 0.25) is 5.95 Å². The predicted molar refractivity (Wildman–Crippen MR) is 66.3 cm³/mol. The molecule has 1 heterocycles. The number of ether oxygens (including phenoxy) is 1. The van der Waals surface area contributed by atoms with Crippen LogP contribution < -0.4 is 16.0 Å². The average molecular weight is 255 g/mol. The van der Waals surface area contributed by atoms with Crippen LogP contribution in [0.3, 0.4) is 0 Å². The molecule has 1 aromatic rings. The van der Waals surface area contributed by atoms with Crippen LogP contribution >= 0.6 is 0 Å². The number of hydrogen-bond acceptors (Lipinski definition) is 7. The largest absolute Gasteiger partial charge is 0.473 e. The summed E-state index contributed by atoms with van der Waals surface area (Å²) in [6.07, 6.45) is 2.87. The van der Waals surface area contributed by atoms with E-state index in [2.05, 4.69) is 22.3 Å². The van der Waals surface area contributed by atoms with Gasteiger partial charge in [-0.15, -0.1) is 0 Å². The lowest BCUT2D eigenvalue weighted by molar-refractivity contribution is -0.387. The van der Waals surface area contributed by atoms with Crippen molar-refractivity contribution in [3.63, 3.8) is 0 Å². The third-order valence-corrected chi connectivity index (χ3v) is 2.32. The van der Waals surface area contributed by atoms with Crippen molar-refractivity contribution < 1.29 is 9.66 Å². The van der Waals surface area contributed by atoms with Gasteiger partial charge in [-0.2, -0.15) is 4.98 Å². The molecule has 0 aromatic carbocycles. The van der Waals surface area contributed by atoms with Gasteiger partial charge in [0.05, 0.1) is 11.5 Å². The molecule has 0 unspecified atom stereocenters. The van der Waals surface area contributed by atoms with E-state index >= 15 is 0 Å². The summed E-state index contributed by atoms with van der Waals surface area (Å²) in [5.41, 5.74) is 2.25. The van der Waals surface area contributed by atoms with Gasteiger partial charge in [-0.25, -0.2) is 10.8 Å². The van der Waals surface area contributed by atoms with Crippen LogP contribution in [0.25, 0.3) is 0 Å². The molecule has 0 amide bonds. The number of nitrogens with two attached hydrogens (primary N) is 1. The standard InChI is InChI=1S/C10H17N5O3/c1-3-4-5-6-18-9-8(15(16)17)7(2)12-10(13-9)14-11/h3-6,11H2,1-2H3,(H,12,13,14). The number of nitro groups is 1. The minimum Gasteiger partial charge on any atom is -0.473 e. The summed E-state index contributed by atoms with van der Waals surface area (Å²) in [6.45, 7) is 3.96. The summed E-state index contributed by atoms with van der Waals surface area (Å²) in [7, 11) is 0. The van der Waals surface area contributed by atoms with Crippen LogP contribution in [0.4, 0.5) is 11.6 Å². The second-order valence-electron chi connectivity index (χ2n) is 3.74. The van der Waals surface area contributed by atoms with Crippen molar-refractivity contribution in [2.75, 3.05) is 12.0 Å². The van der Waals surface area contributed by atoms with Gasteiger partial charge in [-0.3, -0.25) is 15.5 Å². The van der Waals surface area contributed by atoms with E-state index in [4.69, 9.17) is 10.6 Å². The predicted octanol–water partition coefficient (Wildman–Crippen LogP) is 1.55. The fourth-order valence-corrected chi connectivity index (χ4v) is 1.44. The SMILES string of the molecule is CCCCCOc1nc(NN)nc(C)c1[N+](=O)[O-]. The minimum atomic E-state index is -0.551. The van der Waals surface area contributed by atoms with Gasteiger partial charge in [0.1, 0.15) is 5.69 Å². The Kier molecular flexibility index (Phi) is 5.25. The lowest BCUT2D eigenvalue weighted by Gasteiger charge is -2.08. The Morgan fingerprint density at radius 2 is 2.17 bits per heavy atom. The first-order chi connectivity index (χ1) is 8.60. The molecule has 0 aliphatic carbocycles. The second-order valence-corrected chi connectivity index (χ2v) is 3.74. The van der Waals surface area contributed by atoms with E-state index < -0.39 is 4.92 Å². The van der Waals surface area contributed by atoms with Crippen molar-refractivity contribution >= 4 is 11.6 Å². The molecule has 0 spiro atoms. The van der Waals surface area contributed by atoms with Gasteiger partial charge < -0.3 is 4.74 Å². The third kappa shape index (κ3) is 3.52. The van der Waals surface area contributed by atoms with Gasteiger partial charge in [0.15, 0.2) is 0 Å². The Balaban J connectivity index is 2.91. The maximum absolute atomic E-state index is 10.9. The van der Waals surface area contributed by atoms with E-state index in [9.17, 15) is 10.1 Å². The van der Waals surface area contributed by atoms with Crippen LogP contribution in [0.15, 0.2) is 0 Å². The van der Waals surface area contributed by atoms with Crippen LogP contribution in [0.5, 0.6) is 5.88 Å². The molecule has 0 aliphatic heterocycles. The quantitative estimate of drug-likeness (QED) is 0.328. The average Bonchev–Trinajstić information content (AvgIpc) is 2.33. The van der Waals surface area contributed by atoms with Crippen molar-refractivity contribution in [3.05, 3.63) is 15.8 Å². The van der Waals surface area contributed by atoms with Crippen molar-refractivity contribution in [3.8, 4) is 5.88 Å². The fraction of sp³-hybridized carbons (Fsp3) is 0.600. The number of aromatic nitrogens is 2. The zero-order chi connectivity index (χ0) is 13.5. The molecule has 3 N–H and O–H groups in total. The number of aryl methyl sites for hydroxylation is 1. The zero-order valence-corrected chi connectivity index (χ0v) is 10.5. The van der Waals surface area contributed by atoms with E-state index in [1.54, 1.807) is 0 Å². The highest BCUT2D eigenvalue weighted by molar-refractivity contribution is 5.48. The molecule has 0 aliphatic rings. The number of rotatable bonds is 7. The first-order valence-electron chi connectivity index (χ1n) is 5.72. The normalized spacial score (nSPS) is 10.2. The lowest BCUT2D eigenvalue weighted by Crippen LogP contribution is -2.13. The van der Waals surface area contributed by atoms with E-state index in [0.29, 0.717) is 6.61 Å². The van der Waals surface area contributed by atoms with Gasteiger partial charge in [0, 0.05) is 0 Å². The fourth-order valence-electron chi connectivity index (χ4n) is 1.44. The molecular formula is C10H17N5O3. The Hall–Kier alpha value is -1.96. The highest BCUT2D eigenvalue weighted by atomic mass is 16.6. The van der Waals surface area contributed by atoms with E-state index in [0.717, 1.165) is 19.3 Å². The maximum atomic E-state index is 10.9. The van der Waals surface area contributed by atoms with Gasteiger partial charge >= 0.3 is 5.69 Å². The molecule has 0 fully saturated rings. The summed E-state index contributed by atoms with van der Waals surface area (Å²) in [5.74, 6) is 5.25. The Bertz CT molecular complexity index is 424. The second kappa shape index (κ2) is 6.70. The lowest BCUT2D eigenvalue weighted by atomic mass is 10.3. The number of hydrogen-bond donors (Lipinski definition) is 2. The molecule has 0 bridgehead atoms. The van der Waals surface area contributed by atoms with Crippen molar-refractivity contribution in [2.24, 2.45) is 5.84 Å². The molecule has 0 radical (unpaired) electrons. The summed E-state index contributed by atoms with van der Waals surface area (Å²) in [6, 6.07) is 0. The molecular weight excluding hydrogens is 238 g/mol. The van der Waals surface area contributed by atoms with Crippen LogP contribution in [-0.2, 0) is 0 Å². The van der Waals surface area contributed by atoms with E-state index in [-0.39, 0.29) is 23.2 Å². The summed E-state index contributed by atoms with van der Waals surface area (Å²) >= 11 is 0. The topological polar surface area (TPSA) is 116 Å². The molecule has 18 heavy (non-hydrogen) atoms. The Morgan fingerprint density at radius 3 is 2.72 bits per heavy atom. The first-order valence-corrected chi connectivity index (χ1v) is 5.72. The van der Waals surface area contributed by atoms with Gasteiger partial charge in [0.25, 0.3) is 5.88 Å². The number of hydrazine groups is 1. The molecule has 1 aromatic heterocycles. The van der Waals surface area contributed by atoms with Crippen molar-refractivity contribution in [2.45, 2.75) is 33.1 Å². The Morgan fingerprint density at radius 1 is 1.44 bits per heavy atom. The molecule has 100 valence electrons. The van der Waals surface area contributed by atoms with Crippen LogP contribution in [-0.4, -0.2) is 21.5 Å². The molecule has 8 nitrogen and oxygen atoms in total. The number of nitrogen functional groups attached to an aromatic ring is 1. The highest BCUT2D eigenvalue weighted by Crippen LogP contribution is 2.28. The van der Waals surface area contributed by atoms with Crippen LogP contribution in [0.2, 0.25) is 0 Å². The highest BCUT2D eigenvalue weighted by Gasteiger charge is 2.23. The van der Waals surface area contributed by atoms with Crippen molar-refractivity contribution in [1.82, 2.24) is 9.97 Å². The zero-order valence-electron chi connectivity index (χ0n) is 10.5. The maximum Gasteiger partial charge on any atom is 0.352 e. The Labute approximate surface area is 105 Å². The molecule has 8 heteroatoms. The summed E-state index contributed by atoms with van der Waals surface area (Å²) < 4.78 is 5.34. The molecule has 0 atom stereocenters. The monoisotopic (exact) mass is 255 g/mol. The van der Waals surface area contributed by atoms with Crippen LogP contribution in [0.1, 0.15) is 31.9 Å². The number of nitrogens with zero attached hydrogens (tertiary/aromatic N) is 3. The van der Waals surface area contributed by atoms with Gasteiger partial charge in [-0.05, 0) is 13.3 Å². The summed E-state index contributed by atoms with van der Waals surface area (Å²) in [5, 5.41) is 10.9. The van der Waals surface area contributed by atoms with Crippen molar-refractivity contribution in [1.29, 1.82) is 0 Å². The molecule has 0 saturated carbocycles. The number of nitrogens with one attached hydrogen (secondary N) is 1. The van der Waals surface area contributed by atoms with E-state index in [1.807, 2.05) is 0 Å². The molecule has 0 saturated heterocycles.